The van der Waals surface area contributed by atoms with E-state index in [9.17, 15) is 4.79 Å². The number of hydrogen-bond acceptors (Lipinski definition) is 2. The number of nitrogens with zero attached hydrogens (tertiary/aromatic N) is 2. The SMILES string of the molecule is CC(=O)N1CCN(CCCCBr)CC1. The highest BCUT2D eigenvalue weighted by molar-refractivity contribution is 9.09. The number of carbonyl (C=O) groups is 1. The molecule has 82 valence electrons. The standard InChI is InChI=1S/C10H19BrN2O/c1-10(14)13-8-6-12(7-9-13)5-3-2-4-11/h2-9H2,1H3. The molecule has 14 heavy (non-hydrogen) atoms. The third-order valence-electron chi connectivity index (χ3n) is 2.68. The molecule has 1 aliphatic heterocycles. The minimum atomic E-state index is 0.213. The van der Waals surface area contributed by atoms with E-state index in [2.05, 4.69) is 20.8 Å². The Morgan fingerprint density at radius 2 is 1.86 bits per heavy atom. The molecule has 0 saturated carbocycles. The maximum Gasteiger partial charge on any atom is 0.219 e. The van der Waals surface area contributed by atoms with Crippen molar-refractivity contribution in [2.75, 3.05) is 38.1 Å². The van der Waals surface area contributed by atoms with Crippen LogP contribution in [0.3, 0.4) is 0 Å². The molecule has 0 bridgehead atoms. The molecule has 1 aliphatic rings. The first-order chi connectivity index (χ1) is 6.74. The smallest absolute Gasteiger partial charge is 0.219 e. The normalized spacial score (nSPS) is 18.6. The summed E-state index contributed by atoms with van der Waals surface area (Å²) in [6.07, 6.45) is 2.50. The van der Waals surface area contributed by atoms with Crippen LogP contribution in [-0.2, 0) is 4.79 Å². The highest BCUT2D eigenvalue weighted by atomic mass is 79.9. The first-order valence-corrected chi connectivity index (χ1v) is 6.40. The number of unbranched alkanes of at least 4 members (excludes halogenated alkanes) is 1. The predicted molar refractivity (Wildman–Crippen MR) is 61.7 cm³/mol. The maximum atomic E-state index is 11.1. The summed E-state index contributed by atoms with van der Waals surface area (Å²) < 4.78 is 0. The summed E-state index contributed by atoms with van der Waals surface area (Å²) in [6, 6.07) is 0. The van der Waals surface area contributed by atoms with Gasteiger partial charge in [-0.1, -0.05) is 15.9 Å². The molecule has 1 rings (SSSR count). The van der Waals surface area contributed by atoms with Crippen molar-refractivity contribution in [1.29, 1.82) is 0 Å². The highest BCUT2D eigenvalue weighted by Gasteiger charge is 2.17. The molecule has 0 atom stereocenters. The van der Waals surface area contributed by atoms with Crippen LogP contribution in [0.5, 0.6) is 0 Å². The summed E-state index contributed by atoms with van der Waals surface area (Å²) in [5, 5.41) is 1.10. The molecule has 1 saturated heterocycles. The summed E-state index contributed by atoms with van der Waals surface area (Å²) in [5.41, 5.74) is 0. The topological polar surface area (TPSA) is 23.6 Å². The predicted octanol–water partition coefficient (Wildman–Crippen LogP) is 1.33. The van der Waals surface area contributed by atoms with E-state index in [0.717, 1.165) is 31.5 Å². The van der Waals surface area contributed by atoms with Gasteiger partial charge in [0.1, 0.15) is 0 Å². The zero-order chi connectivity index (χ0) is 10.4. The fourth-order valence-corrected chi connectivity index (χ4v) is 2.11. The van der Waals surface area contributed by atoms with Gasteiger partial charge in [-0.2, -0.15) is 0 Å². The Morgan fingerprint density at radius 1 is 1.21 bits per heavy atom. The lowest BCUT2D eigenvalue weighted by molar-refractivity contribution is -0.130. The van der Waals surface area contributed by atoms with Gasteiger partial charge in [0.05, 0.1) is 0 Å². The van der Waals surface area contributed by atoms with Crippen LogP contribution in [0.1, 0.15) is 19.8 Å². The molecule has 0 spiro atoms. The number of halogens is 1. The van der Waals surface area contributed by atoms with Crippen molar-refractivity contribution in [3.05, 3.63) is 0 Å². The highest BCUT2D eigenvalue weighted by Crippen LogP contribution is 2.04. The maximum absolute atomic E-state index is 11.1. The molecular formula is C10H19BrN2O. The lowest BCUT2D eigenvalue weighted by atomic mass is 10.2. The van der Waals surface area contributed by atoms with E-state index in [1.807, 2.05) is 4.90 Å². The van der Waals surface area contributed by atoms with Crippen molar-refractivity contribution in [2.24, 2.45) is 0 Å². The molecule has 4 heteroatoms. The summed E-state index contributed by atoms with van der Waals surface area (Å²) in [7, 11) is 0. The molecule has 1 amide bonds. The monoisotopic (exact) mass is 262 g/mol. The van der Waals surface area contributed by atoms with Gasteiger partial charge in [-0.05, 0) is 19.4 Å². The summed E-state index contributed by atoms with van der Waals surface area (Å²) in [5.74, 6) is 0.213. The molecule has 0 radical (unpaired) electrons. The minimum Gasteiger partial charge on any atom is -0.340 e. The molecule has 0 aromatic carbocycles. The Morgan fingerprint density at radius 3 is 2.36 bits per heavy atom. The van der Waals surface area contributed by atoms with Gasteiger partial charge in [-0.15, -0.1) is 0 Å². The van der Waals surface area contributed by atoms with Crippen LogP contribution < -0.4 is 0 Å². The average molecular weight is 263 g/mol. The van der Waals surface area contributed by atoms with E-state index in [0.29, 0.717) is 0 Å². The van der Waals surface area contributed by atoms with Crippen LogP contribution in [-0.4, -0.2) is 53.8 Å². The van der Waals surface area contributed by atoms with Crippen molar-refractivity contribution < 1.29 is 4.79 Å². The third-order valence-corrected chi connectivity index (χ3v) is 3.24. The van der Waals surface area contributed by atoms with Crippen LogP contribution in [0.15, 0.2) is 0 Å². The Balaban J connectivity index is 2.12. The van der Waals surface area contributed by atoms with E-state index < -0.39 is 0 Å². The molecular weight excluding hydrogens is 244 g/mol. The van der Waals surface area contributed by atoms with Crippen molar-refractivity contribution in [1.82, 2.24) is 9.80 Å². The molecule has 3 nitrogen and oxygen atoms in total. The number of hydrogen-bond donors (Lipinski definition) is 0. The molecule has 0 N–H and O–H groups in total. The van der Waals surface area contributed by atoms with Gasteiger partial charge in [0.2, 0.25) is 5.91 Å². The summed E-state index contributed by atoms with van der Waals surface area (Å²) >= 11 is 3.43. The zero-order valence-corrected chi connectivity index (χ0v) is 10.4. The quantitative estimate of drug-likeness (QED) is 0.564. The molecule has 0 aliphatic carbocycles. The number of carbonyl (C=O) groups excluding carboxylic acids is 1. The average Bonchev–Trinajstić information content (AvgIpc) is 2.19. The Hall–Kier alpha value is -0.0900. The number of piperazine rings is 1. The van der Waals surface area contributed by atoms with Crippen LogP contribution >= 0.6 is 15.9 Å². The lowest BCUT2D eigenvalue weighted by Gasteiger charge is -2.34. The first-order valence-electron chi connectivity index (χ1n) is 5.28. The van der Waals surface area contributed by atoms with E-state index in [1.54, 1.807) is 6.92 Å². The van der Waals surface area contributed by atoms with Gasteiger partial charge in [-0.3, -0.25) is 9.69 Å². The zero-order valence-electron chi connectivity index (χ0n) is 8.84. The van der Waals surface area contributed by atoms with Crippen LogP contribution in [0.4, 0.5) is 0 Å². The van der Waals surface area contributed by atoms with Crippen molar-refractivity contribution in [3.63, 3.8) is 0 Å². The van der Waals surface area contributed by atoms with Crippen LogP contribution in [0.2, 0.25) is 0 Å². The van der Waals surface area contributed by atoms with E-state index in [-0.39, 0.29) is 5.91 Å². The summed E-state index contributed by atoms with van der Waals surface area (Å²) in [6.45, 7) is 6.73. The second-order valence-electron chi connectivity index (χ2n) is 3.74. The lowest BCUT2D eigenvalue weighted by Crippen LogP contribution is -2.48. The molecule has 1 heterocycles. The van der Waals surface area contributed by atoms with Crippen molar-refractivity contribution in [3.8, 4) is 0 Å². The Labute approximate surface area is 94.6 Å². The van der Waals surface area contributed by atoms with Gasteiger partial charge in [0.15, 0.2) is 0 Å². The summed E-state index contributed by atoms with van der Waals surface area (Å²) in [4.78, 5) is 15.4. The third kappa shape index (κ3) is 3.96. The van der Waals surface area contributed by atoms with Crippen LogP contribution in [0.25, 0.3) is 0 Å². The van der Waals surface area contributed by atoms with Gasteiger partial charge < -0.3 is 4.90 Å². The Kier molecular flexibility index (Phi) is 5.48. The fourth-order valence-electron chi connectivity index (χ4n) is 1.72. The van der Waals surface area contributed by atoms with Gasteiger partial charge in [0, 0.05) is 38.4 Å². The van der Waals surface area contributed by atoms with E-state index in [1.165, 1.54) is 19.4 Å². The van der Waals surface area contributed by atoms with Crippen LogP contribution in [0, 0.1) is 0 Å². The first kappa shape index (κ1) is 12.0. The number of alkyl halides is 1. The number of amides is 1. The fraction of sp³-hybridized carbons (Fsp3) is 0.900. The molecule has 0 aromatic rings. The van der Waals surface area contributed by atoms with Crippen molar-refractivity contribution >= 4 is 21.8 Å². The van der Waals surface area contributed by atoms with Crippen molar-refractivity contribution in [2.45, 2.75) is 19.8 Å². The van der Waals surface area contributed by atoms with Gasteiger partial charge >= 0.3 is 0 Å². The largest absolute Gasteiger partial charge is 0.340 e. The van der Waals surface area contributed by atoms with E-state index >= 15 is 0 Å². The molecule has 0 aromatic heterocycles. The second-order valence-corrected chi connectivity index (χ2v) is 4.54. The molecule has 1 fully saturated rings. The van der Waals surface area contributed by atoms with E-state index in [4.69, 9.17) is 0 Å². The molecule has 0 unspecified atom stereocenters. The second kappa shape index (κ2) is 6.40. The Bertz CT molecular complexity index is 179. The minimum absolute atomic E-state index is 0.213. The van der Waals surface area contributed by atoms with Gasteiger partial charge in [-0.25, -0.2) is 0 Å². The number of rotatable bonds is 4. The van der Waals surface area contributed by atoms with Gasteiger partial charge in [0.25, 0.3) is 0 Å².